The molecule has 4 nitrogen and oxygen atoms in total. The minimum absolute atomic E-state index is 0.123. The van der Waals surface area contributed by atoms with Gasteiger partial charge in [-0.05, 0) is 24.6 Å². The molecule has 6 heteroatoms. The normalized spacial score (nSPS) is 10.7. The lowest BCUT2D eigenvalue weighted by Crippen LogP contribution is -2.28. The molecule has 1 amide bonds. The molecule has 0 bridgehead atoms. The number of nitrogens with zero attached hydrogens (tertiary/aromatic N) is 2. The fourth-order valence-electron chi connectivity index (χ4n) is 2.62. The van der Waals surface area contributed by atoms with E-state index in [1.54, 1.807) is 7.05 Å². The SMILES string of the molecule is CN(CCCc1cc(-c2ccccc2)no1)C(=O)c1ccc(F)c(F)c1. The standard InChI is InChI=1S/C20H18F2N2O2/c1-24(20(25)15-9-10-17(21)18(22)12-15)11-5-8-16-13-19(23-26-16)14-6-3-2-4-7-14/h2-4,6-7,9-10,12-13H,5,8,11H2,1H3. The van der Waals surface area contributed by atoms with Crippen LogP contribution in [0.1, 0.15) is 22.5 Å². The first-order valence-corrected chi connectivity index (χ1v) is 8.26. The highest BCUT2D eigenvalue weighted by atomic mass is 19.2. The molecule has 26 heavy (non-hydrogen) atoms. The van der Waals surface area contributed by atoms with Gasteiger partial charge in [-0.3, -0.25) is 4.79 Å². The molecular formula is C20H18F2N2O2. The number of amides is 1. The molecule has 2 aromatic carbocycles. The summed E-state index contributed by atoms with van der Waals surface area (Å²) in [6.45, 7) is 0.458. The van der Waals surface area contributed by atoms with Crippen molar-refractivity contribution in [2.24, 2.45) is 0 Å². The average Bonchev–Trinajstić information content (AvgIpc) is 3.13. The lowest BCUT2D eigenvalue weighted by Gasteiger charge is -2.16. The van der Waals surface area contributed by atoms with Crippen LogP contribution in [0.3, 0.4) is 0 Å². The second-order valence-electron chi connectivity index (χ2n) is 6.00. The van der Waals surface area contributed by atoms with E-state index in [1.807, 2.05) is 36.4 Å². The van der Waals surface area contributed by atoms with Gasteiger partial charge >= 0.3 is 0 Å². The summed E-state index contributed by atoms with van der Waals surface area (Å²) in [7, 11) is 1.62. The molecule has 0 N–H and O–H groups in total. The molecule has 1 aromatic heterocycles. The smallest absolute Gasteiger partial charge is 0.253 e. The molecule has 0 spiro atoms. The summed E-state index contributed by atoms with van der Waals surface area (Å²) in [4.78, 5) is 13.7. The van der Waals surface area contributed by atoms with Crippen LogP contribution in [0.15, 0.2) is 59.1 Å². The first-order valence-electron chi connectivity index (χ1n) is 8.26. The molecule has 1 heterocycles. The quantitative estimate of drug-likeness (QED) is 0.661. The highest BCUT2D eigenvalue weighted by molar-refractivity contribution is 5.94. The van der Waals surface area contributed by atoms with Crippen molar-refractivity contribution in [1.29, 1.82) is 0 Å². The topological polar surface area (TPSA) is 46.3 Å². The summed E-state index contributed by atoms with van der Waals surface area (Å²) in [5.41, 5.74) is 1.87. The Labute approximate surface area is 150 Å². The highest BCUT2D eigenvalue weighted by Crippen LogP contribution is 2.19. The minimum Gasteiger partial charge on any atom is -0.361 e. The van der Waals surface area contributed by atoms with Crippen molar-refractivity contribution in [3.63, 3.8) is 0 Å². The molecule has 0 saturated heterocycles. The molecule has 0 aliphatic rings. The van der Waals surface area contributed by atoms with E-state index in [-0.39, 0.29) is 11.5 Å². The van der Waals surface area contributed by atoms with Crippen molar-refractivity contribution in [1.82, 2.24) is 10.1 Å². The van der Waals surface area contributed by atoms with Crippen LogP contribution >= 0.6 is 0 Å². The third-order valence-corrected chi connectivity index (χ3v) is 4.06. The van der Waals surface area contributed by atoms with E-state index in [0.29, 0.717) is 19.4 Å². The molecule has 134 valence electrons. The van der Waals surface area contributed by atoms with Crippen molar-refractivity contribution in [2.75, 3.05) is 13.6 Å². The Bertz CT molecular complexity index is 894. The summed E-state index contributed by atoms with van der Waals surface area (Å²) in [5, 5.41) is 4.05. The summed E-state index contributed by atoms with van der Waals surface area (Å²) in [6.07, 6.45) is 1.28. The van der Waals surface area contributed by atoms with Crippen molar-refractivity contribution in [3.05, 3.63) is 77.6 Å². The number of benzene rings is 2. The molecule has 0 aliphatic heterocycles. The van der Waals surface area contributed by atoms with Crippen molar-refractivity contribution < 1.29 is 18.1 Å². The molecule has 3 aromatic rings. The Morgan fingerprint density at radius 2 is 1.85 bits per heavy atom. The van der Waals surface area contributed by atoms with Gasteiger partial charge in [0.2, 0.25) is 0 Å². The number of halogens is 2. The van der Waals surface area contributed by atoms with E-state index in [1.165, 1.54) is 11.0 Å². The van der Waals surface area contributed by atoms with Gasteiger partial charge in [-0.15, -0.1) is 0 Å². The van der Waals surface area contributed by atoms with Crippen LogP contribution in [-0.4, -0.2) is 29.6 Å². The minimum atomic E-state index is -1.03. The summed E-state index contributed by atoms with van der Waals surface area (Å²) < 4.78 is 31.5. The maximum Gasteiger partial charge on any atom is 0.253 e. The Morgan fingerprint density at radius 1 is 1.08 bits per heavy atom. The van der Waals surface area contributed by atoms with Gasteiger partial charge in [0.15, 0.2) is 11.6 Å². The molecule has 0 aliphatic carbocycles. The maximum absolute atomic E-state index is 13.3. The van der Waals surface area contributed by atoms with E-state index < -0.39 is 11.6 Å². The van der Waals surface area contributed by atoms with Gasteiger partial charge in [-0.2, -0.15) is 0 Å². The Kier molecular flexibility index (Phi) is 5.41. The van der Waals surface area contributed by atoms with Crippen LogP contribution < -0.4 is 0 Å². The Balaban J connectivity index is 1.53. The fraction of sp³-hybridized carbons (Fsp3) is 0.200. The van der Waals surface area contributed by atoms with Crippen LogP contribution in [-0.2, 0) is 6.42 Å². The highest BCUT2D eigenvalue weighted by Gasteiger charge is 2.14. The third kappa shape index (κ3) is 4.14. The van der Waals surface area contributed by atoms with Crippen molar-refractivity contribution >= 4 is 5.91 Å². The van der Waals surface area contributed by atoms with Gasteiger partial charge < -0.3 is 9.42 Å². The van der Waals surface area contributed by atoms with Crippen molar-refractivity contribution in [3.8, 4) is 11.3 Å². The van der Waals surface area contributed by atoms with E-state index in [4.69, 9.17) is 4.52 Å². The first-order chi connectivity index (χ1) is 12.5. The number of carbonyl (C=O) groups excluding carboxylic acids is 1. The van der Waals surface area contributed by atoms with Crippen LogP contribution in [0.5, 0.6) is 0 Å². The third-order valence-electron chi connectivity index (χ3n) is 4.06. The summed E-state index contributed by atoms with van der Waals surface area (Å²) >= 11 is 0. The predicted molar refractivity (Wildman–Crippen MR) is 93.6 cm³/mol. The van der Waals surface area contributed by atoms with E-state index >= 15 is 0 Å². The number of hydrogen-bond donors (Lipinski definition) is 0. The Morgan fingerprint density at radius 3 is 2.58 bits per heavy atom. The van der Waals surface area contributed by atoms with Crippen molar-refractivity contribution in [2.45, 2.75) is 12.8 Å². The summed E-state index contributed by atoms with van der Waals surface area (Å²) in [6, 6.07) is 14.7. The van der Waals surface area contributed by atoms with Crippen LogP contribution in [0.25, 0.3) is 11.3 Å². The zero-order valence-corrected chi connectivity index (χ0v) is 14.3. The monoisotopic (exact) mass is 356 g/mol. The molecular weight excluding hydrogens is 338 g/mol. The first kappa shape index (κ1) is 17.8. The van der Waals surface area contributed by atoms with Crippen LogP contribution in [0.2, 0.25) is 0 Å². The second-order valence-corrected chi connectivity index (χ2v) is 6.00. The van der Waals surface area contributed by atoms with Gasteiger partial charge in [0, 0.05) is 37.2 Å². The molecule has 0 saturated carbocycles. The largest absolute Gasteiger partial charge is 0.361 e. The average molecular weight is 356 g/mol. The molecule has 0 unspecified atom stereocenters. The number of aromatic nitrogens is 1. The maximum atomic E-state index is 13.3. The second kappa shape index (κ2) is 7.91. The van der Waals surface area contributed by atoms with Gasteiger partial charge in [-0.1, -0.05) is 35.5 Å². The zero-order valence-electron chi connectivity index (χ0n) is 14.3. The number of hydrogen-bond acceptors (Lipinski definition) is 3. The number of carbonyl (C=O) groups is 1. The Hall–Kier alpha value is -3.02. The number of aryl methyl sites for hydroxylation is 1. The molecule has 3 rings (SSSR count). The molecule has 0 radical (unpaired) electrons. The lowest BCUT2D eigenvalue weighted by molar-refractivity contribution is 0.0792. The molecule has 0 fully saturated rings. The predicted octanol–water partition coefficient (Wildman–Crippen LogP) is 4.32. The molecule has 0 atom stereocenters. The van der Waals surface area contributed by atoms with Gasteiger partial charge in [-0.25, -0.2) is 8.78 Å². The van der Waals surface area contributed by atoms with E-state index in [2.05, 4.69) is 5.16 Å². The van der Waals surface area contributed by atoms with E-state index in [0.717, 1.165) is 29.2 Å². The zero-order chi connectivity index (χ0) is 18.5. The summed E-state index contributed by atoms with van der Waals surface area (Å²) in [5.74, 6) is -1.62. The lowest BCUT2D eigenvalue weighted by atomic mass is 10.1. The fourth-order valence-corrected chi connectivity index (χ4v) is 2.62. The van der Waals surface area contributed by atoms with Crippen LogP contribution in [0, 0.1) is 11.6 Å². The van der Waals surface area contributed by atoms with Gasteiger partial charge in [0.25, 0.3) is 5.91 Å². The number of rotatable bonds is 6. The van der Waals surface area contributed by atoms with Gasteiger partial charge in [0.05, 0.1) is 0 Å². The van der Waals surface area contributed by atoms with Gasteiger partial charge in [0.1, 0.15) is 11.5 Å². The van der Waals surface area contributed by atoms with Crippen LogP contribution in [0.4, 0.5) is 8.78 Å². The van der Waals surface area contributed by atoms with E-state index in [9.17, 15) is 13.6 Å².